The minimum Gasteiger partial charge on any atom is -0.507 e. The Morgan fingerprint density at radius 3 is 2.53 bits per heavy atom. The molecule has 0 bridgehead atoms. The van der Waals surface area contributed by atoms with Crippen LogP contribution in [0.25, 0.3) is 16.7 Å². The number of amides is 1. The van der Waals surface area contributed by atoms with Crippen molar-refractivity contribution in [2.24, 2.45) is 0 Å². The van der Waals surface area contributed by atoms with Gasteiger partial charge in [0.05, 0.1) is 18.7 Å². The quantitative estimate of drug-likeness (QED) is 0.305. The molecule has 3 aromatic rings. The van der Waals surface area contributed by atoms with Crippen molar-refractivity contribution in [2.75, 3.05) is 7.11 Å². The largest absolute Gasteiger partial charge is 0.507 e. The number of likely N-dealkylation sites (tertiary alicyclic amines) is 1. The topological polar surface area (TPSA) is 82.6 Å². The van der Waals surface area contributed by atoms with Gasteiger partial charge in [0.15, 0.2) is 0 Å². The third-order valence-electron chi connectivity index (χ3n) is 7.36. The molecule has 2 aliphatic rings. The fourth-order valence-electron chi connectivity index (χ4n) is 5.62. The second-order valence-electron chi connectivity index (χ2n) is 9.42. The van der Waals surface area contributed by atoms with Gasteiger partial charge >= 0.3 is 0 Å². The lowest BCUT2D eigenvalue weighted by Gasteiger charge is -2.35. The molecule has 34 heavy (non-hydrogen) atoms. The van der Waals surface area contributed by atoms with Crippen molar-refractivity contribution in [2.45, 2.75) is 58.0 Å². The molecule has 1 amide bonds. The Morgan fingerprint density at radius 2 is 1.79 bits per heavy atom. The smallest absolute Gasteiger partial charge is 0.295 e. The van der Waals surface area contributed by atoms with Gasteiger partial charge in [-0.15, -0.1) is 0 Å². The molecule has 2 fully saturated rings. The summed E-state index contributed by atoms with van der Waals surface area (Å²) in [5, 5.41) is 12.5. The van der Waals surface area contributed by atoms with Gasteiger partial charge in [-0.1, -0.05) is 37.5 Å². The maximum atomic E-state index is 13.5. The molecule has 2 N–H and O–H groups in total. The van der Waals surface area contributed by atoms with Gasteiger partial charge in [-0.3, -0.25) is 9.59 Å². The maximum absolute atomic E-state index is 13.5. The van der Waals surface area contributed by atoms with Crippen LogP contribution in [0.15, 0.2) is 48.2 Å². The van der Waals surface area contributed by atoms with Crippen LogP contribution < -0.4 is 4.74 Å². The van der Waals surface area contributed by atoms with Gasteiger partial charge in [0.1, 0.15) is 11.5 Å². The highest BCUT2D eigenvalue weighted by Gasteiger charge is 2.49. The molecule has 1 unspecified atom stereocenters. The Morgan fingerprint density at radius 1 is 1.06 bits per heavy atom. The van der Waals surface area contributed by atoms with Gasteiger partial charge in [-0.25, -0.2) is 0 Å². The van der Waals surface area contributed by atoms with Crippen LogP contribution in [-0.2, 0) is 9.59 Å². The fourth-order valence-corrected chi connectivity index (χ4v) is 5.62. The van der Waals surface area contributed by atoms with Crippen molar-refractivity contribution in [1.29, 1.82) is 0 Å². The Balaban J connectivity index is 1.74. The van der Waals surface area contributed by atoms with Crippen LogP contribution in [-0.4, -0.2) is 39.8 Å². The predicted molar refractivity (Wildman–Crippen MR) is 132 cm³/mol. The number of benzene rings is 2. The Labute approximate surface area is 199 Å². The number of methoxy groups -OCH3 is 1. The highest BCUT2D eigenvalue weighted by molar-refractivity contribution is 6.46. The predicted octanol–water partition coefficient (Wildman–Crippen LogP) is 5.55. The van der Waals surface area contributed by atoms with Gasteiger partial charge in [-0.05, 0) is 56.0 Å². The average molecular weight is 459 g/mol. The van der Waals surface area contributed by atoms with Crippen molar-refractivity contribution in [1.82, 2.24) is 9.88 Å². The summed E-state index contributed by atoms with van der Waals surface area (Å²) in [5.41, 5.74) is 4.10. The number of carbonyl (C=O) groups excluding carboxylic acids is 2. The number of aryl methyl sites for hydroxylation is 2. The molecule has 6 nitrogen and oxygen atoms in total. The van der Waals surface area contributed by atoms with E-state index in [1.165, 1.54) is 0 Å². The molecule has 1 saturated carbocycles. The van der Waals surface area contributed by atoms with E-state index >= 15 is 0 Å². The summed E-state index contributed by atoms with van der Waals surface area (Å²) in [6, 6.07) is 10.9. The number of nitrogens with one attached hydrogen (secondary N) is 1. The molecule has 1 aliphatic carbocycles. The molecule has 1 atom stereocenters. The molecular weight excluding hydrogens is 428 g/mol. The number of para-hydroxylation sites is 1. The molecule has 1 saturated heterocycles. The second kappa shape index (κ2) is 8.67. The normalized spacial score (nSPS) is 20.9. The zero-order valence-electron chi connectivity index (χ0n) is 19.9. The molecule has 5 rings (SSSR count). The maximum Gasteiger partial charge on any atom is 0.295 e. The monoisotopic (exact) mass is 458 g/mol. The summed E-state index contributed by atoms with van der Waals surface area (Å²) < 4.78 is 5.42. The molecule has 176 valence electrons. The van der Waals surface area contributed by atoms with Crippen molar-refractivity contribution < 1.29 is 19.4 Å². The third kappa shape index (κ3) is 3.49. The van der Waals surface area contributed by atoms with Crippen LogP contribution >= 0.6 is 0 Å². The number of rotatable bonds is 4. The van der Waals surface area contributed by atoms with E-state index in [1.54, 1.807) is 12.0 Å². The lowest BCUT2D eigenvalue weighted by Crippen LogP contribution is -2.40. The first-order chi connectivity index (χ1) is 16.4. The molecular formula is C28H30N2O4. The number of aliphatic hydroxyl groups excluding tert-OH is 1. The van der Waals surface area contributed by atoms with E-state index in [-0.39, 0.29) is 17.4 Å². The first kappa shape index (κ1) is 22.3. The standard InChI is InChI=1S/C28H30N2O4/c1-16-14-23(34-3)17(2)13-20(16)26(31)24-25(21-15-29-22-12-8-7-11-19(21)22)30(28(33)27(24)32)18-9-5-4-6-10-18/h7-8,11-15,18,25,29,31H,4-6,9-10H2,1-3H3/b26-24+. The SMILES string of the molecule is COc1cc(C)c(/C(O)=C2\C(=O)C(=O)N(C3CCCCC3)C2c2c[nH]c3ccccc23)cc1C. The first-order valence-electron chi connectivity index (χ1n) is 11.9. The number of aromatic nitrogens is 1. The lowest BCUT2D eigenvalue weighted by atomic mass is 9.90. The van der Waals surface area contributed by atoms with Crippen molar-refractivity contribution in [3.8, 4) is 5.75 Å². The molecule has 1 aromatic heterocycles. The molecule has 2 aromatic carbocycles. The number of H-pyrrole nitrogens is 1. The Kier molecular flexibility index (Phi) is 5.68. The van der Waals surface area contributed by atoms with Gasteiger partial charge in [-0.2, -0.15) is 0 Å². The van der Waals surface area contributed by atoms with Gasteiger partial charge < -0.3 is 19.7 Å². The van der Waals surface area contributed by atoms with Crippen LogP contribution in [0, 0.1) is 13.8 Å². The number of Topliss-reactive ketones (excluding diaryl/α,β-unsaturated/α-hetero) is 1. The zero-order valence-corrected chi connectivity index (χ0v) is 19.9. The summed E-state index contributed by atoms with van der Waals surface area (Å²) in [4.78, 5) is 32.0. The number of nitrogens with zero attached hydrogens (tertiary/aromatic N) is 1. The van der Waals surface area contributed by atoms with Crippen LogP contribution in [0.1, 0.15) is 60.4 Å². The number of aromatic amines is 1. The second-order valence-corrected chi connectivity index (χ2v) is 9.42. The number of ketones is 1. The van der Waals surface area contributed by atoms with Crippen LogP contribution in [0.4, 0.5) is 0 Å². The number of ether oxygens (including phenoxy) is 1. The van der Waals surface area contributed by atoms with E-state index < -0.39 is 17.7 Å². The lowest BCUT2D eigenvalue weighted by molar-refractivity contribution is -0.141. The first-order valence-corrected chi connectivity index (χ1v) is 11.9. The highest BCUT2D eigenvalue weighted by Crippen LogP contribution is 2.45. The van der Waals surface area contributed by atoms with E-state index in [2.05, 4.69) is 4.98 Å². The Hall–Kier alpha value is -3.54. The van der Waals surface area contributed by atoms with Gasteiger partial charge in [0.25, 0.3) is 11.7 Å². The summed E-state index contributed by atoms with van der Waals surface area (Å²) in [6.45, 7) is 3.77. The number of carbonyl (C=O) groups is 2. The van der Waals surface area contributed by atoms with Crippen molar-refractivity contribution in [3.63, 3.8) is 0 Å². The van der Waals surface area contributed by atoms with Crippen LogP contribution in [0.2, 0.25) is 0 Å². The average Bonchev–Trinajstić information content (AvgIpc) is 3.39. The van der Waals surface area contributed by atoms with Gasteiger partial charge in [0.2, 0.25) is 0 Å². The molecule has 6 heteroatoms. The van der Waals surface area contributed by atoms with Crippen LogP contribution in [0.3, 0.4) is 0 Å². The van der Waals surface area contributed by atoms with E-state index in [4.69, 9.17) is 4.74 Å². The highest BCUT2D eigenvalue weighted by atomic mass is 16.5. The van der Waals surface area contributed by atoms with Crippen LogP contribution in [0.5, 0.6) is 5.75 Å². The fraction of sp³-hybridized carbons (Fsp3) is 0.357. The van der Waals surface area contributed by atoms with Crippen molar-refractivity contribution in [3.05, 3.63) is 70.4 Å². The molecule has 0 radical (unpaired) electrons. The molecule has 1 aliphatic heterocycles. The number of fused-ring (bicyclic) bond motifs is 1. The van der Waals surface area contributed by atoms with E-state index in [0.29, 0.717) is 11.3 Å². The summed E-state index contributed by atoms with van der Waals surface area (Å²) in [5.74, 6) is -0.557. The summed E-state index contributed by atoms with van der Waals surface area (Å²) in [7, 11) is 1.61. The molecule has 2 heterocycles. The van der Waals surface area contributed by atoms with Gasteiger partial charge in [0, 0.05) is 34.3 Å². The zero-order chi connectivity index (χ0) is 24.0. The summed E-state index contributed by atoms with van der Waals surface area (Å²) >= 11 is 0. The summed E-state index contributed by atoms with van der Waals surface area (Å²) in [6.07, 6.45) is 6.81. The third-order valence-corrected chi connectivity index (χ3v) is 7.36. The Bertz CT molecular complexity index is 1310. The molecule has 0 spiro atoms. The van der Waals surface area contributed by atoms with E-state index in [9.17, 15) is 14.7 Å². The minimum absolute atomic E-state index is 0.0205. The van der Waals surface area contributed by atoms with Crippen molar-refractivity contribution >= 4 is 28.4 Å². The number of hydrogen-bond donors (Lipinski definition) is 2. The number of hydrogen-bond acceptors (Lipinski definition) is 4. The van der Waals surface area contributed by atoms with E-state index in [0.717, 1.165) is 59.7 Å². The minimum atomic E-state index is -0.638. The van der Waals surface area contributed by atoms with E-state index in [1.807, 2.05) is 56.4 Å². The number of aliphatic hydroxyl groups is 1.